The molecule has 64 heavy (non-hydrogen) atoms. The molecular formula is C46H52N12O6. The number of rotatable bonds is 11. The van der Waals surface area contributed by atoms with Crippen molar-refractivity contribution in [2.24, 2.45) is 11.8 Å². The molecule has 10 rings (SSSR count). The summed E-state index contributed by atoms with van der Waals surface area (Å²) in [6.45, 7) is 2.69. The van der Waals surface area contributed by atoms with Crippen LogP contribution in [0.5, 0.6) is 11.5 Å². The van der Waals surface area contributed by atoms with Crippen LogP contribution in [-0.2, 0) is 22.7 Å². The van der Waals surface area contributed by atoms with E-state index in [1.54, 1.807) is 18.3 Å². The van der Waals surface area contributed by atoms with E-state index in [1.165, 1.54) is 76.9 Å². The highest BCUT2D eigenvalue weighted by molar-refractivity contribution is 6.06. The maximum Gasteiger partial charge on any atom is 0.272 e. The molecule has 332 valence electrons. The van der Waals surface area contributed by atoms with E-state index in [0.717, 1.165) is 35.4 Å². The fourth-order valence-electron chi connectivity index (χ4n) is 9.12. The van der Waals surface area contributed by atoms with Gasteiger partial charge >= 0.3 is 0 Å². The van der Waals surface area contributed by atoms with Crippen LogP contribution < -0.4 is 41.4 Å². The van der Waals surface area contributed by atoms with Gasteiger partial charge < -0.3 is 51.3 Å². The summed E-state index contributed by atoms with van der Waals surface area (Å²) in [5, 5.41) is 11.3. The number of H-pyrrole nitrogens is 2. The van der Waals surface area contributed by atoms with Crippen LogP contribution in [0.15, 0.2) is 61.4 Å². The minimum atomic E-state index is -0.354. The van der Waals surface area contributed by atoms with E-state index >= 15 is 0 Å². The summed E-state index contributed by atoms with van der Waals surface area (Å²) in [5.74, 6) is 1.65. The molecule has 0 saturated heterocycles. The third-order valence-corrected chi connectivity index (χ3v) is 12.4. The van der Waals surface area contributed by atoms with E-state index in [1.807, 2.05) is 30.5 Å². The third-order valence-electron chi connectivity index (χ3n) is 12.4. The van der Waals surface area contributed by atoms with Crippen molar-refractivity contribution in [3.8, 4) is 11.5 Å². The number of ether oxygens (including phenoxy) is 2. The van der Waals surface area contributed by atoms with Crippen LogP contribution in [0.3, 0.4) is 0 Å². The van der Waals surface area contributed by atoms with Crippen LogP contribution in [0, 0.1) is 11.8 Å². The number of aromatic amines is 2. The molecule has 18 nitrogen and oxygen atoms in total. The zero-order chi connectivity index (χ0) is 44.0. The second-order valence-electron chi connectivity index (χ2n) is 16.9. The molecule has 2 aromatic carbocycles. The van der Waals surface area contributed by atoms with E-state index in [-0.39, 0.29) is 49.1 Å². The Balaban J connectivity index is 0.000000178. The number of carbonyl (C=O) groups excluding carboxylic acids is 4. The van der Waals surface area contributed by atoms with Gasteiger partial charge in [0.15, 0.2) is 24.6 Å². The summed E-state index contributed by atoms with van der Waals surface area (Å²) < 4.78 is 10.7. The predicted octanol–water partition coefficient (Wildman–Crippen LogP) is 5.99. The Labute approximate surface area is 368 Å². The van der Waals surface area contributed by atoms with E-state index in [2.05, 4.69) is 56.1 Å². The van der Waals surface area contributed by atoms with Gasteiger partial charge in [-0.15, -0.1) is 0 Å². The standard InChI is InChI=1S/C30H38N6O3.C16H14N6O3/c37-26-18-39-25-12-11-22(13-23(25)35-26)14-32-30(38)29-28-27(33-19-34-29)24(15-31-28)36(16-20-7-3-1-4-8-20)17-21-9-5-2-6-10-21;17-9-5-18-14-13(9)20-7-21-15(14)16(24)19-4-8-1-2-11-10(3-8)22-12(23)6-25-11/h11-13,15,19-21,31H,1-10,14,16-18H2,(H,32,38)(H,35,37);1-3,5,7,18H,4,6,17H2,(H,19,24)(H,22,23). The molecule has 4 aromatic heterocycles. The van der Waals surface area contributed by atoms with Crippen molar-refractivity contribution in [2.75, 3.05) is 47.6 Å². The molecule has 0 bridgehead atoms. The van der Waals surface area contributed by atoms with Gasteiger partial charge in [0.2, 0.25) is 0 Å². The molecule has 4 aliphatic rings. The van der Waals surface area contributed by atoms with Crippen LogP contribution in [0.2, 0.25) is 0 Å². The summed E-state index contributed by atoms with van der Waals surface area (Å²) >= 11 is 0. The summed E-state index contributed by atoms with van der Waals surface area (Å²) in [6.07, 6.45) is 19.6. The number of nitrogens with zero attached hydrogens (tertiary/aromatic N) is 5. The maximum absolute atomic E-state index is 13.3. The highest BCUT2D eigenvalue weighted by Gasteiger charge is 2.26. The molecule has 0 unspecified atom stereocenters. The first-order chi connectivity index (χ1) is 31.3. The first-order valence-electron chi connectivity index (χ1n) is 22.1. The summed E-state index contributed by atoms with van der Waals surface area (Å²) in [5.41, 5.74) is 13.3. The van der Waals surface area contributed by atoms with Crippen LogP contribution in [-0.4, -0.2) is 79.8 Å². The monoisotopic (exact) mass is 868 g/mol. The molecule has 18 heteroatoms. The number of carbonyl (C=O) groups is 4. The van der Waals surface area contributed by atoms with Crippen LogP contribution in [0.25, 0.3) is 22.1 Å². The molecular weight excluding hydrogens is 817 g/mol. The second kappa shape index (κ2) is 19.0. The Morgan fingerprint density at radius 1 is 0.656 bits per heavy atom. The van der Waals surface area contributed by atoms with Gasteiger partial charge in [-0.3, -0.25) is 19.2 Å². The molecule has 0 radical (unpaired) electrons. The Kier molecular flexibility index (Phi) is 12.5. The molecule has 0 atom stereocenters. The van der Waals surface area contributed by atoms with Gasteiger partial charge in [0.25, 0.3) is 23.6 Å². The molecule has 2 aliphatic carbocycles. The fourth-order valence-corrected chi connectivity index (χ4v) is 9.12. The zero-order valence-electron chi connectivity index (χ0n) is 35.5. The van der Waals surface area contributed by atoms with Gasteiger partial charge in [0.05, 0.1) is 33.8 Å². The van der Waals surface area contributed by atoms with Crippen molar-refractivity contribution in [2.45, 2.75) is 77.3 Å². The quantitative estimate of drug-likeness (QED) is 0.0794. The second-order valence-corrected chi connectivity index (χ2v) is 16.9. The van der Waals surface area contributed by atoms with Crippen LogP contribution >= 0.6 is 0 Å². The molecule has 4 amide bonds. The van der Waals surface area contributed by atoms with E-state index in [4.69, 9.17) is 15.2 Å². The zero-order valence-corrected chi connectivity index (χ0v) is 35.5. The lowest BCUT2D eigenvalue weighted by Crippen LogP contribution is -2.35. The van der Waals surface area contributed by atoms with Crippen LogP contribution in [0.1, 0.15) is 96.3 Å². The van der Waals surface area contributed by atoms with Gasteiger partial charge in [-0.2, -0.15) is 0 Å². The Morgan fingerprint density at radius 3 is 1.67 bits per heavy atom. The van der Waals surface area contributed by atoms with Gasteiger partial charge in [-0.05, 0) is 72.9 Å². The lowest BCUT2D eigenvalue weighted by atomic mass is 9.86. The summed E-state index contributed by atoms with van der Waals surface area (Å²) in [4.78, 5) is 74.6. The molecule has 2 fully saturated rings. The number of hydrogen-bond acceptors (Lipinski definition) is 12. The number of aromatic nitrogens is 6. The third kappa shape index (κ3) is 9.55. The van der Waals surface area contributed by atoms with E-state index in [9.17, 15) is 19.2 Å². The fraction of sp³-hybridized carbons (Fsp3) is 0.391. The van der Waals surface area contributed by atoms with Crippen molar-refractivity contribution >= 4 is 68.4 Å². The minimum Gasteiger partial charge on any atom is -0.482 e. The van der Waals surface area contributed by atoms with Gasteiger partial charge in [-0.25, -0.2) is 19.9 Å². The van der Waals surface area contributed by atoms with Crippen LogP contribution in [0.4, 0.5) is 22.7 Å². The van der Waals surface area contributed by atoms with Gasteiger partial charge in [0, 0.05) is 38.6 Å². The normalized spacial score (nSPS) is 16.2. The first kappa shape index (κ1) is 42.1. The molecule has 6 heterocycles. The Hall–Kier alpha value is -7.24. The number of nitrogens with two attached hydrogens (primary N) is 1. The average Bonchev–Trinajstić information content (AvgIpc) is 3.94. The first-order valence-corrected chi connectivity index (χ1v) is 22.1. The number of benzene rings is 2. The number of fused-ring (bicyclic) bond motifs is 4. The smallest absolute Gasteiger partial charge is 0.272 e. The number of hydrogen-bond donors (Lipinski definition) is 7. The highest BCUT2D eigenvalue weighted by Crippen LogP contribution is 2.34. The highest BCUT2D eigenvalue weighted by atomic mass is 16.5. The average molecular weight is 869 g/mol. The Bertz CT molecular complexity index is 2660. The van der Waals surface area contributed by atoms with E-state index < -0.39 is 0 Å². The summed E-state index contributed by atoms with van der Waals surface area (Å²) in [7, 11) is 0. The lowest BCUT2D eigenvalue weighted by molar-refractivity contribution is -0.119. The summed E-state index contributed by atoms with van der Waals surface area (Å²) in [6, 6.07) is 10.8. The predicted molar refractivity (Wildman–Crippen MR) is 241 cm³/mol. The topological polar surface area (TPSA) is 247 Å². The van der Waals surface area contributed by atoms with Gasteiger partial charge in [-0.1, -0.05) is 50.7 Å². The Morgan fingerprint density at radius 2 is 1.14 bits per heavy atom. The van der Waals surface area contributed by atoms with E-state index in [0.29, 0.717) is 69.2 Å². The van der Waals surface area contributed by atoms with Crippen molar-refractivity contribution in [3.05, 3.63) is 84.0 Å². The molecule has 2 saturated carbocycles. The number of anilines is 4. The van der Waals surface area contributed by atoms with Crippen molar-refractivity contribution in [1.82, 2.24) is 40.5 Å². The van der Waals surface area contributed by atoms with Gasteiger partial charge in [0.1, 0.15) is 35.2 Å². The van der Waals surface area contributed by atoms with Crippen molar-refractivity contribution in [1.29, 1.82) is 0 Å². The number of nitrogen functional groups attached to an aromatic ring is 1. The number of amides is 4. The van der Waals surface area contributed by atoms with Crippen molar-refractivity contribution in [3.63, 3.8) is 0 Å². The largest absolute Gasteiger partial charge is 0.482 e. The molecule has 0 spiro atoms. The molecule has 6 aromatic rings. The SMILES string of the molecule is Nc1c[nH]c2c(C(=O)NCc3ccc4c(c3)NC(=O)CO4)ncnc12.O=C1COc2ccc(CNC(=O)c3ncnc4c(N(CC5CCCCC5)CC5CCCCC5)c[nH]c34)cc2N1. The minimum absolute atomic E-state index is 0.00602. The maximum atomic E-state index is 13.3. The van der Waals surface area contributed by atoms with Crippen molar-refractivity contribution < 1.29 is 28.7 Å². The number of nitrogens with one attached hydrogen (secondary N) is 6. The molecule has 2 aliphatic heterocycles. The lowest BCUT2D eigenvalue weighted by Gasteiger charge is -2.34. The molecule has 8 N–H and O–H groups in total.